The molecule has 4 aromatic rings. The van der Waals surface area contributed by atoms with E-state index in [1.165, 1.54) is 0 Å². The van der Waals surface area contributed by atoms with E-state index in [1.54, 1.807) is 24.7 Å². The van der Waals surface area contributed by atoms with Gasteiger partial charge in [-0.05, 0) is 17.2 Å². The summed E-state index contributed by atoms with van der Waals surface area (Å²) in [5.41, 5.74) is 4.29. The van der Waals surface area contributed by atoms with Gasteiger partial charge in [0.1, 0.15) is 5.69 Å². The predicted molar refractivity (Wildman–Crippen MR) is 95.2 cm³/mol. The van der Waals surface area contributed by atoms with Gasteiger partial charge in [0.25, 0.3) is 5.91 Å². The molecule has 3 heterocycles. The van der Waals surface area contributed by atoms with Crippen LogP contribution in [0.25, 0.3) is 11.1 Å². The smallest absolute Gasteiger partial charge is 0.268 e. The molecule has 0 aliphatic rings. The summed E-state index contributed by atoms with van der Waals surface area (Å²) in [7, 11) is 0. The first-order chi connectivity index (χ1) is 12.3. The largest absolute Gasteiger partial charge is 0.463 e. The fraction of sp³-hybridized carbons (Fsp3) is 0.100. The number of hydrogen-bond acceptors (Lipinski definition) is 3. The summed E-state index contributed by atoms with van der Waals surface area (Å²) in [6, 6.07) is 17.5. The second-order valence-corrected chi connectivity index (χ2v) is 5.82. The Bertz CT molecular complexity index is 988. The van der Waals surface area contributed by atoms with Crippen LogP contribution in [0.15, 0.2) is 77.7 Å². The molecule has 0 radical (unpaired) electrons. The number of fused-ring (bicyclic) bond motifs is 1. The number of carbonyl (C=O) groups is 1. The van der Waals surface area contributed by atoms with Gasteiger partial charge in [0.05, 0.1) is 11.8 Å². The van der Waals surface area contributed by atoms with Gasteiger partial charge in [-0.15, -0.1) is 0 Å². The van der Waals surface area contributed by atoms with Crippen LogP contribution in [0.2, 0.25) is 0 Å². The van der Waals surface area contributed by atoms with E-state index in [0.717, 1.165) is 16.6 Å². The molecule has 0 aliphatic carbocycles. The first-order valence-electron chi connectivity index (χ1n) is 8.09. The van der Waals surface area contributed by atoms with Gasteiger partial charge in [-0.3, -0.25) is 9.78 Å². The molecule has 0 unspecified atom stereocenters. The summed E-state index contributed by atoms with van der Waals surface area (Å²) in [6.45, 7) is 1.05. The predicted octanol–water partition coefficient (Wildman–Crippen LogP) is 3.61. The first kappa shape index (κ1) is 15.2. The SMILES string of the molecule is O=C(NCc1cccnc1)c1cc2occc2n1Cc1ccccc1. The molecule has 124 valence electrons. The van der Waals surface area contributed by atoms with Crippen molar-refractivity contribution in [3.05, 3.63) is 90.1 Å². The molecule has 0 atom stereocenters. The minimum Gasteiger partial charge on any atom is -0.463 e. The van der Waals surface area contributed by atoms with Crippen molar-refractivity contribution in [2.45, 2.75) is 13.1 Å². The summed E-state index contributed by atoms with van der Waals surface area (Å²) in [5.74, 6) is -0.133. The second-order valence-electron chi connectivity index (χ2n) is 5.82. The minimum atomic E-state index is -0.133. The Morgan fingerprint density at radius 3 is 2.72 bits per heavy atom. The van der Waals surface area contributed by atoms with Crippen molar-refractivity contribution >= 4 is 17.0 Å². The lowest BCUT2D eigenvalue weighted by molar-refractivity contribution is 0.0942. The Labute approximate surface area is 144 Å². The van der Waals surface area contributed by atoms with Crippen molar-refractivity contribution in [1.29, 1.82) is 0 Å². The summed E-state index contributed by atoms with van der Waals surface area (Å²) in [4.78, 5) is 16.8. The van der Waals surface area contributed by atoms with Crippen LogP contribution in [0.1, 0.15) is 21.6 Å². The fourth-order valence-corrected chi connectivity index (χ4v) is 2.88. The molecule has 0 spiro atoms. The van der Waals surface area contributed by atoms with Gasteiger partial charge in [0.2, 0.25) is 0 Å². The number of hydrogen-bond donors (Lipinski definition) is 1. The normalized spacial score (nSPS) is 10.9. The molecule has 4 rings (SSSR count). The lowest BCUT2D eigenvalue weighted by atomic mass is 10.2. The van der Waals surface area contributed by atoms with Gasteiger partial charge >= 0.3 is 0 Å². The van der Waals surface area contributed by atoms with Gasteiger partial charge in [-0.25, -0.2) is 0 Å². The summed E-state index contributed by atoms with van der Waals surface area (Å²) >= 11 is 0. The highest BCUT2D eigenvalue weighted by Crippen LogP contribution is 2.22. The van der Waals surface area contributed by atoms with Gasteiger partial charge < -0.3 is 14.3 Å². The average molecular weight is 331 g/mol. The topological polar surface area (TPSA) is 60.1 Å². The Hall–Kier alpha value is -3.34. The molecule has 1 amide bonds. The quantitative estimate of drug-likeness (QED) is 0.608. The standard InChI is InChI=1S/C20H17N3O2/c24-20(22-13-16-7-4-9-21-12-16)18-11-19-17(8-10-25-19)23(18)14-15-5-2-1-3-6-15/h1-12H,13-14H2,(H,22,24). The molecular formula is C20H17N3O2. The zero-order valence-electron chi connectivity index (χ0n) is 13.6. The lowest BCUT2D eigenvalue weighted by Crippen LogP contribution is -2.25. The number of pyridine rings is 1. The maximum atomic E-state index is 12.7. The van der Waals surface area contributed by atoms with Crippen molar-refractivity contribution in [2.24, 2.45) is 0 Å². The molecule has 5 heteroatoms. The highest BCUT2D eigenvalue weighted by Gasteiger charge is 2.17. The number of amides is 1. The fourth-order valence-electron chi connectivity index (χ4n) is 2.88. The highest BCUT2D eigenvalue weighted by molar-refractivity contribution is 5.97. The maximum Gasteiger partial charge on any atom is 0.268 e. The molecule has 0 bridgehead atoms. The molecule has 0 aliphatic heterocycles. The number of benzene rings is 1. The number of nitrogens with one attached hydrogen (secondary N) is 1. The summed E-state index contributed by atoms with van der Waals surface area (Å²) in [6.07, 6.45) is 5.10. The Morgan fingerprint density at radius 2 is 1.92 bits per heavy atom. The van der Waals surface area contributed by atoms with E-state index in [0.29, 0.717) is 24.4 Å². The van der Waals surface area contributed by atoms with Crippen molar-refractivity contribution in [2.75, 3.05) is 0 Å². The van der Waals surface area contributed by atoms with Crippen molar-refractivity contribution in [3.8, 4) is 0 Å². The molecule has 0 fully saturated rings. The Balaban J connectivity index is 1.61. The molecular weight excluding hydrogens is 314 g/mol. The molecule has 3 aromatic heterocycles. The number of aromatic nitrogens is 2. The zero-order valence-corrected chi connectivity index (χ0v) is 13.6. The average Bonchev–Trinajstić information content (AvgIpc) is 3.24. The van der Waals surface area contributed by atoms with Crippen LogP contribution in [0.5, 0.6) is 0 Å². The van der Waals surface area contributed by atoms with E-state index < -0.39 is 0 Å². The number of nitrogens with zero attached hydrogens (tertiary/aromatic N) is 2. The van der Waals surface area contributed by atoms with Crippen LogP contribution in [0.4, 0.5) is 0 Å². The van der Waals surface area contributed by atoms with Gasteiger partial charge in [-0.2, -0.15) is 0 Å². The Kier molecular flexibility index (Phi) is 4.04. The van der Waals surface area contributed by atoms with Crippen LogP contribution in [0, 0.1) is 0 Å². The molecule has 25 heavy (non-hydrogen) atoms. The molecule has 1 aromatic carbocycles. The molecule has 1 N–H and O–H groups in total. The lowest BCUT2D eigenvalue weighted by Gasteiger charge is -2.11. The third-order valence-electron chi connectivity index (χ3n) is 4.11. The highest BCUT2D eigenvalue weighted by atomic mass is 16.3. The van der Waals surface area contributed by atoms with Crippen molar-refractivity contribution in [3.63, 3.8) is 0 Å². The van der Waals surface area contributed by atoms with Gasteiger partial charge in [-0.1, -0.05) is 36.4 Å². The van der Waals surface area contributed by atoms with E-state index in [9.17, 15) is 4.79 Å². The van der Waals surface area contributed by atoms with Gasteiger partial charge in [0.15, 0.2) is 5.58 Å². The minimum absolute atomic E-state index is 0.133. The van der Waals surface area contributed by atoms with Crippen molar-refractivity contribution in [1.82, 2.24) is 14.9 Å². The second kappa shape index (κ2) is 6.65. The van der Waals surface area contributed by atoms with E-state index in [2.05, 4.69) is 10.3 Å². The van der Waals surface area contributed by atoms with E-state index in [-0.39, 0.29) is 5.91 Å². The molecule has 5 nitrogen and oxygen atoms in total. The zero-order chi connectivity index (χ0) is 17.1. The Morgan fingerprint density at radius 1 is 1.08 bits per heavy atom. The molecule has 0 saturated heterocycles. The van der Waals surface area contributed by atoms with Crippen LogP contribution in [0.3, 0.4) is 0 Å². The molecule has 0 saturated carbocycles. The van der Waals surface area contributed by atoms with E-state index >= 15 is 0 Å². The van der Waals surface area contributed by atoms with Crippen LogP contribution in [-0.4, -0.2) is 15.5 Å². The van der Waals surface area contributed by atoms with Crippen molar-refractivity contribution < 1.29 is 9.21 Å². The number of rotatable bonds is 5. The third kappa shape index (κ3) is 3.17. The summed E-state index contributed by atoms with van der Waals surface area (Å²) < 4.78 is 7.46. The maximum absolute atomic E-state index is 12.7. The van der Waals surface area contributed by atoms with Gasteiger partial charge in [0, 0.05) is 37.6 Å². The first-order valence-corrected chi connectivity index (χ1v) is 8.09. The van der Waals surface area contributed by atoms with Crippen LogP contribution >= 0.6 is 0 Å². The van der Waals surface area contributed by atoms with Crippen LogP contribution in [-0.2, 0) is 13.1 Å². The van der Waals surface area contributed by atoms with E-state index in [4.69, 9.17) is 4.42 Å². The van der Waals surface area contributed by atoms with E-state index in [1.807, 2.05) is 53.1 Å². The van der Waals surface area contributed by atoms with Crippen LogP contribution < -0.4 is 5.32 Å². The summed E-state index contributed by atoms with van der Waals surface area (Å²) in [5, 5.41) is 2.95. The monoisotopic (exact) mass is 331 g/mol. The number of carbonyl (C=O) groups excluding carboxylic acids is 1. The third-order valence-corrected chi connectivity index (χ3v) is 4.11. The number of furan rings is 1.